The third-order valence-electron chi connectivity index (χ3n) is 4.07. The van der Waals surface area contributed by atoms with Crippen molar-refractivity contribution in [2.24, 2.45) is 11.8 Å². The lowest BCUT2D eigenvalue weighted by Crippen LogP contribution is -2.42. The minimum absolute atomic E-state index is 0.539. The second-order valence-electron chi connectivity index (χ2n) is 5.11. The molecule has 0 bridgehead atoms. The zero-order valence-electron chi connectivity index (χ0n) is 9.43. The quantitative estimate of drug-likeness (QED) is 0.712. The molecule has 0 aromatic carbocycles. The highest BCUT2D eigenvalue weighted by Gasteiger charge is 2.43. The van der Waals surface area contributed by atoms with Crippen molar-refractivity contribution in [3.8, 4) is 0 Å². The molecule has 2 unspecified atom stereocenters. The van der Waals surface area contributed by atoms with Gasteiger partial charge in [-0.05, 0) is 37.8 Å². The monoisotopic (exact) mass is 245 g/mol. The van der Waals surface area contributed by atoms with Gasteiger partial charge < -0.3 is 5.32 Å². The van der Waals surface area contributed by atoms with E-state index in [4.69, 9.17) is 0 Å². The van der Waals surface area contributed by atoms with Gasteiger partial charge in [-0.15, -0.1) is 0 Å². The van der Waals surface area contributed by atoms with Crippen molar-refractivity contribution in [3.63, 3.8) is 0 Å². The van der Waals surface area contributed by atoms with Gasteiger partial charge in [0.2, 0.25) is 0 Å². The molecule has 3 aliphatic heterocycles. The van der Waals surface area contributed by atoms with Crippen LogP contribution in [0.4, 0.5) is 0 Å². The highest BCUT2D eigenvalue weighted by atomic mass is 32.2. The van der Waals surface area contributed by atoms with Crippen molar-refractivity contribution in [3.05, 3.63) is 0 Å². The topological polar surface area (TPSA) is 52.7 Å². The molecule has 3 rings (SSSR count). The number of hydrogen-bond acceptors (Lipinski definition) is 3. The van der Waals surface area contributed by atoms with Gasteiger partial charge >= 0.3 is 0 Å². The molecule has 0 amide bonds. The van der Waals surface area contributed by atoms with Crippen LogP contribution in [0.2, 0.25) is 0 Å². The molecule has 0 saturated carbocycles. The van der Waals surface area contributed by atoms with Gasteiger partial charge in [-0.3, -0.25) is 0 Å². The highest BCUT2D eigenvalue weighted by Crippen LogP contribution is 2.30. The summed E-state index contributed by atoms with van der Waals surface area (Å²) in [7, 11) is -3.14. The minimum Gasteiger partial charge on any atom is -0.316 e. The Bertz CT molecular complexity index is 352. The van der Waals surface area contributed by atoms with Gasteiger partial charge in [0.05, 0.1) is 0 Å². The van der Waals surface area contributed by atoms with Crippen LogP contribution in [0.15, 0.2) is 0 Å². The maximum Gasteiger partial charge on any atom is 0.281 e. The Balaban J connectivity index is 1.73. The fourth-order valence-electron chi connectivity index (χ4n) is 3.08. The van der Waals surface area contributed by atoms with Crippen LogP contribution in [0.5, 0.6) is 0 Å². The van der Waals surface area contributed by atoms with E-state index in [1.807, 2.05) is 0 Å². The van der Waals surface area contributed by atoms with Gasteiger partial charge in [-0.2, -0.15) is 17.0 Å². The van der Waals surface area contributed by atoms with E-state index in [0.717, 1.165) is 39.0 Å². The lowest BCUT2D eigenvalue weighted by Gasteiger charge is -2.23. The van der Waals surface area contributed by atoms with Crippen LogP contribution >= 0.6 is 0 Å². The predicted octanol–water partition coefficient (Wildman–Crippen LogP) is -0.522. The van der Waals surface area contributed by atoms with E-state index in [0.29, 0.717) is 24.9 Å². The molecule has 2 atom stereocenters. The molecule has 16 heavy (non-hydrogen) atoms. The molecule has 0 aromatic heterocycles. The summed E-state index contributed by atoms with van der Waals surface area (Å²) < 4.78 is 28.0. The first-order valence-corrected chi connectivity index (χ1v) is 7.53. The van der Waals surface area contributed by atoms with Crippen LogP contribution < -0.4 is 5.32 Å². The molecule has 0 spiro atoms. The SMILES string of the molecule is O=S(=O)(N1CCCC1)N1CC2CNCC2C1. The summed E-state index contributed by atoms with van der Waals surface area (Å²) in [5.41, 5.74) is 0. The van der Waals surface area contributed by atoms with Crippen molar-refractivity contribution in [2.45, 2.75) is 12.8 Å². The predicted molar refractivity (Wildman–Crippen MR) is 61.1 cm³/mol. The lowest BCUT2D eigenvalue weighted by molar-refractivity contribution is 0.383. The first-order chi connectivity index (χ1) is 7.68. The normalized spacial score (nSPS) is 37.0. The first-order valence-electron chi connectivity index (χ1n) is 6.14. The van der Waals surface area contributed by atoms with Crippen LogP contribution in [0, 0.1) is 11.8 Å². The first kappa shape index (κ1) is 11.0. The fraction of sp³-hybridized carbons (Fsp3) is 1.00. The molecule has 6 heteroatoms. The number of nitrogens with one attached hydrogen (secondary N) is 1. The van der Waals surface area contributed by atoms with E-state index in [-0.39, 0.29) is 0 Å². The fourth-order valence-corrected chi connectivity index (χ4v) is 4.89. The molecule has 3 saturated heterocycles. The van der Waals surface area contributed by atoms with Crippen molar-refractivity contribution in [1.29, 1.82) is 0 Å². The van der Waals surface area contributed by atoms with Crippen LogP contribution in [-0.4, -0.2) is 56.3 Å². The Hall–Kier alpha value is -0.170. The maximum absolute atomic E-state index is 12.3. The Morgan fingerprint density at radius 1 is 0.938 bits per heavy atom. The minimum atomic E-state index is -3.14. The summed E-state index contributed by atoms with van der Waals surface area (Å²) in [5.74, 6) is 1.08. The van der Waals surface area contributed by atoms with Crippen molar-refractivity contribution < 1.29 is 8.42 Å². The van der Waals surface area contributed by atoms with Gasteiger partial charge in [0.1, 0.15) is 0 Å². The van der Waals surface area contributed by atoms with Gasteiger partial charge in [0, 0.05) is 26.2 Å². The highest BCUT2D eigenvalue weighted by molar-refractivity contribution is 7.86. The zero-order chi connectivity index (χ0) is 11.2. The van der Waals surface area contributed by atoms with E-state index in [2.05, 4.69) is 5.32 Å². The Morgan fingerprint density at radius 3 is 2.06 bits per heavy atom. The molecule has 3 aliphatic rings. The molecule has 0 aliphatic carbocycles. The summed E-state index contributed by atoms with van der Waals surface area (Å²) >= 11 is 0. The summed E-state index contributed by atoms with van der Waals surface area (Å²) in [4.78, 5) is 0. The van der Waals surface area contributed by atoms with Crippen LogP contribution in [0.1, 0.15) is 12.8 Å². The molecule has 1 N–H and O–H groups in total. The zero-order valence-corrected chi connectivity index (χ0v) is 10.2. The van der Waals surface area contributed by atoms with E-state index < -0.39 is 10.2 Å². The molecule has 92 valence electrons. The van der Waals surface area contributed by atoms with Crippen LogP contribution in [-0.2, 0) is 10.2 Å². The molecular formula is C10H19N3O2S. The summed E-state index contributed by atoms with van der Waals surface area (Å²) in [5, 5.41) is 3.33. The molecule has 0 aromatic rings. The van der Waals surface area contributed by atoms with E-state index >= 15 is 0 Å². The summed E-state index contributed by atoms with van der Waals surface area (Å²) in [6, 6.07) is 0. The van der Waals surface area contributed by atoms with Crippen molar-refractivity contribution >= 4 is 10.2 Å². The second-order valence-corrected chi connectivity index (χ2v) is 7.04. The average molecular weight is 245 g/mol. The largest absolute Gasteiger partial charge is 0.316 e. The second kappa shape index (κ2) is 3.94. The number of hydrogen-bond donors (Lipinski definition) is 1. The third kappa shape index (κ3) is 1.68. The number of fused-ring (bicyclic) bond motifs is 1. The van der Waals surface area contributed by atoms with Crippen molar-refractivity contribution in [1.82, 2.24) is 13.9 Å². The molecular weight excluding hydrogens is 226 g/mol. The Kier molecular flexibility index (Phi) is 2.70. The molecule has 3 fully saturated rings. The van der Waals surface area contributed by atoms with Gasteiger partial charge in [-0.1, -0.05) is 0 Å². The van der Waals surface area contributed by atoms with E-state index in [1.165, 1.54) is 0 Å². The smallest absolute Gasteiger partial charge is 0.281 e. The summed E-state index contributed by atoms with van der Waals surface area (Å²) in [6.07, 6.45) is 2.03. The molecule has 3 heterocycles. The molecule has 0 radical (unpaired) electrons. The molecule has 5 nitrogen and oxygen atoms in total. The maximum atomic E-state index is 12.3. The van der Waals surface area contributed by atoms with Gasteiger partial charge in [0.15, 0.2) is 0 Å². The summed E-state index contributed by atoms with van der Waals surface area (Å²) in [6.45, 7) is 4.83. The van der Waals surface area contributed by atoms with Crippen LogP contribution in [0.25, 0.3) is 0 Å². The Morgan fingerprint density at radius 2 is 1.50 bits per heavy atom. The number of nitrogens with zero attached hydrogens (tertiary/aromatic N) is 2. The Labute approximate surface area is 97.0 Å². The average Bonchev–Trinajstić information content (AvgIpc) is 2.94. The van der Waals surface area contributed by atoms with Crippen molar-refractivity contribution in [2.75, 3.05) is 39.3 Å². The standard InChI is InChI=1S/C10H19N3O2S/c14-16(15,12-3-1-2-4-12)13-7-9-5-11-6-10(9)8-13/h9-11H,1-8H2. The van der Waals surface area contributed by atoms with E-state index in [1.54, 1.807) is 8.61 Å². The van der Waals surface area contributed by atoms with Gasteiger partial charge in [0.25, 0.3) is 10.2 Å². The number of rotatable bonds is 2. The lowest BCUT2D eigenvalue weighted by atomic mass is 10.0. The van der Waals surface area contributed by atoms with Crippen LogP contribution in [0.3, 0.4) is 0 Å². The third-order valence-corrected chi connectivity index (χ3v) is 6.04. The van der Waals surface area contributed by atoms with E-state index in [9.17, 15) is 8.42 Å². The van der Waals surface area contributed by atoms with Gasteiger partial charge in [-0.25, -0.2) is 0 Å².